The van der Waals surface area contributed by atoms with Crippen LogP contribution in [0.1, 0.15) is 5.56 Å². The number of nitrogens with zero attached hydrogens (tertiary/aromatic N) is 4. The van der Waals surface area contributed by atoms with Gasteiger partial charge in [-0.1, -0.05) is 182 Å². The van der Waals surface area contributed by atoms with Crippen molar-refractivity contribution in [3.63, 3.8) is 0 Å². The molecule has 66 heavy (non-hydrogen) atoms. The van der Waals surface area contributed by atoms with E-state index in [-0.39, 0.29) is 0 Å². The van der Waals surface area contributed by atoms with Gasteiger partial charge in [0.05, 0.1) is 11.6 Å². The molecule has 0 amide bonds. The fourth-order valence-corrected chi connectivity index (χ4v) is 10.2. The van der Waals surface area contributed by atoms with Gasteiger partial charge in [-0.2, -0.15) is 5.26 Å². The van der Waals surface area contributed by atoms with Gasteiger partial charge in [0.2, 0.25) is 0 Å². The molecule has 0 N–H and O–H groups in total. The van der Waals surface area contributed by atoms with Crippen LogP contribution in [0.25, 0.3) is 132 Å². The zero-order chi connectivity index (χ0) is 43.7. The molecule has 304 valence electrons. The molecule has 13 aromatic rings. The highest BCUT2D eigenvalue weighted by molar-refractivity contribution is 6.37. The Kier molecular flexibility index (Phi) is 8.56. The molecule has 1 heterocycles. The van der Waals surface area contributed by atoms with E-state index in [0.29, 0.717) is 23.0 Å². The van der Waals surface area contributed by atoms with Crippen LogP contribution in [0, 0.1) is 11.3 Å². The second kappa shape index (κ2) is 15.1. The van der Waals surface area contributed by atoms with E-state index in [2.05, 4.69) is 158 Å². The van der Waals surface area contributed by atoms with Crippen LogP contribution in [0.5, 0.6) is 0 Å². The normalized spacial score (nSPS) is 11.6. The molecule has 0 unspecified atom stereocenters. The largest absolute Gasteiger partial charge is 0.208 e. The number of hydrogen-bond donors (Lipinski definition) is 0. The van der Waals surface area contributed by atoms with Gasteiger partial charge in [0.25, 0.3) is 0 Å². The summed E-state index contributed by atoms with van der Waals surface area (Å²) < 4.78 is 0. The molecule has 0 aliphatic heterocycles. The number of benzene rings is 11. The molecule has 0 saturated carbocycles. The fraction of sp³-hybridized carbons (Fsp3) is 0. The Hall–Kier alpha value is -9.04. The summed E-state index contributed by atoms with van der Waals surface area (Å²) in [5, 5.41) is 24.5. The first-order chi connectivity index (χ1) is 32.6. The van der Waals surface area contributed by atoms with Gasteiger partial charge in [0.15, 0.2) is 17.5 Å². The summed E-state index contributed by atoms with van der Waals surface area (Å²) in [4.78, 5) is 15.3. The highest BCUT2D eigenvalue weighted by Crippen LogP contribution is 2.45. The Balaban J connectivity index is 0.993. The lowest BCUT2D eigenvalue weighted by Gasteiger charge is -2.18. The summed E-state index contributed by atoms with van der Waals surface area (Å²) in [7, 11) is 0. The van der Waals surface area contributed by atoms with Crippen molar-refractivity contribution in [3.05, 3.63) is 224 Å². The smallest absolute Gasteiger partial charge is 0.164 e. The number of fused-ring (bicyclic) bond motifs is 2. The van der Waals surface area contributed by atoms with E-state index < -0.39 is 0 Å². The van der Waals surface area contributed by atoms with Crippen molar-refractivity contribution in [1.29, 1.82) is 5.26 Å². The average Bonchev–Trinajstić information content (AvgIpc) is 3.39. The summed E-state index contributed by atoms with van der Waals surface area (Å²) in [6.07, 6.45) is 0. The summed E-state index contributed by atoms with van der Waals surface area (Å²) in [6.45, 7) is 0. The minimum atomic E-state index is 0.584. The first-order valence-corrected chi connectivity index (χ1v) is 22.2. The van der Waals surface area contributed by atoms with Crippen LogP contribution < -0.4 is 0 Å². The van der Waals surface area contributed by atoms with Gasteiger partial charge < -0.3 is 0 Å². The molecular weight excluding hydrogens is 801 g/mol. The predicted octanol–water partition coefficient (Wildman–Crippen LogP) is 16.1. The number of rotatable bonds is 6. The second-order valence-electron chi connectivity index (χ2n) is 17.0. The maximum Gasteiger partial charge on any atom is 0.164 e. The van der Waals surface area contributed by atoms with Crippen molar-refractivity contribution < 1.29 is 0 Å². The monoisotopic (exact) mass is 836 g/mol. The molecule has 4 heteroatoms. The zero-order valence-corrected chi connectivity index (χ0v) is 35.6. The minimum Gasteiger partial charge on any atom is -0.208 e. The van der Waals surface area contributed by atoms with Crippen molar-refractivity contribution in [2.75, 3.05) is 0 Å². The Bertz CT molecular complexity index is 4100. The van der Waals surface area contributed by atoms with Crippen LogP contribution in [-0.4, -0.2) is 15.0 Å². The molecule has 0 radical (unpaired) electrons. The SMILES string of the molecule is N#Cc1ccc(-c2cccc(-c3nc(-c4ccccc4)nc(-c4cccc(-c5ccccc5-c5cc6ccc7cccc8c9cccc%10ccc%11cccc(c(c5)c6c78)c%11c%109)c4)n3)c2)cc1. The Labute approximate surface area is 380 Å². The van der Waals surface area contributed by atoms with Crippen LogP contribution in [-0.2, 0) is 0 Å². The second-order valence-corrected chi connectivity index (χ2v) is 17.0. The number of hydrogen-bond acceptors (Lipinski definition) is 4. The van der Waals surface area contributed by atoms with Crippen LogP contribution >= 0.6 is 0 Å². The van der Waals surface area contributed by atoms with Crippen LogP contribution in [0.2, 0.25) is 0 Å². The standard InChI is InChI=1S/C62H36N4/c63-37-38-25-27-39(28-26-38)44-16-6-18-47(33-44)61-64-60(43-11-2-1-3-12-43)65-62(66-61)48-19-7-17-45(34-48)50-20-4-5-21-51(50)49-35-46-32-31-42-14-9-23-53-52-22-8-13-40-29-30-41-15-10-24-54(58(41)56(40)52)55(36-49)59(46)57(42)53/h1-36H. The highest BCUT2D eigenvalue weighted by Gasteiger charge is 2.19. The predicted molar refractivity (Wildman–Crippen MR) is 273 cm³/mol. The minimum absolute atomic E-state index is 0.584. The van der Waals surface area contributed by atoms with Crippen molar-refractivity contribution in [2.45, 2.75) is 0 Å². The third-order valence-corrected chi connectivity index (χ3v) is 13.2. The third-order valence-electron chi connectivity index (χ3n) is 13.2. The van der Waals surface area contributed by atoms with Crippen molar-refractivity contribution >= 4 is 64.6 Å². The molecule has 0 aliphatic rings. The van der Waals surface area contributed by atoms with E-state index in [9.17, 15) is 5.26 Å². The summed E-state index contributed by atoms with van der Waals surface area (Å²) >= 11 is 0. The van der Waals surface area contributed by atoms with Crippen LogP contribution in [0.15, 0.2) is 218 Å². The van der Waals surface area contributed by atoms with Crippen molar-refractivity contribution in [1.82, 2.24) is 15.0 Å². The lowest BCUT2D eigenvalue weighted by atomic mass is 9.85. The summed E-state index contributed by atoms with van der Waals surface area (Å²) in [5.41, 5.74) is 9.83. The molecule has 0 atom stereocenters. The van der Waals surface area contributed by atoms with Crippen LogP contribution in [0.3, 0.4) is 0 Å². The molecule has 1 aromatic heterocycles. The van der Waals surface area contributed by atoms with Crippen molar-refractivity contribution in [3.8, 4) is 73.6 Å². The molecule has 0 aliphatic carbocycles. The van der Waals surface area contributed by atoms with E-state index in [1.165, 1.54) is 64.6 Å². The van der Waals surface area contributed by atoms with Gasteiger partial charge in [-0.05, 0) is 134 Å². The van der Waals surface area contributed by atoms with Gasteiger partial charge in [0, 0.05) is 16.7 Å². The third kappa shape index (κ3) is 6.10. The van der Waals surface area contributed by atoms with Crippen molar-refractivity contribution in [2.24, 2.45) is 0 Å². The highest BCUT2D eigenvalue weighted by atomic mass is 15.0. The van der Waals surface area contributed by atoms with E-state index in [1.54, 1.807) is 0 Å². The Morgan fingerprint density at radius 1 is 0.273 bits per heavy atom. The first kappa shape index (κ1) is 37.5. The molecule has 0 bridgehead atoms. The lowest BCUT2D eigenvalue weighted by molar-refractivity contribution is 1.07. The lowest BCUT2D eigenvalue weighted by Crippen LogP contribution is -2.00. The van der Waals surface area contributed by atoms with Gasteiger partial charge in [0.1, 0.15) is 0 Å². The number of nitriles is 1. The molecule has 12 aromatic carbocycles. The van der Waals surface area contributed by atoms with E-state index in [4.69, 9.17) is 15.0 Å². The molecule has 13 rings (SSSR count). The molecule has 0 saturated heterocycles. The molecular formula is C62H36N4. The molecule has 0 fully saturated rings. The molecule has 4 nitrogen and oxygen atoms in total. The zero-order valence-electron chi connectivity index (χ0n) is 35.6. The van der Waals surface area contributed by atoms with Crippen LogP contribution in [0.4, 0.5) is 0 Å². The topological polar surface area (TPSA) is 62.5 Å². The van der Waals surface area contributed by atoms with E-state index >= 15 is 0 Å². The number of aromatic nitrogens is 3. The summed E-state index contributed by atoms with van der Waals surface area (Å²) in [5.74, 6) is 1.78. The maximum absolute atomic E-state index is 9.38. The first-order valence-electron chi connectivity index (χ1n) is 22.2. The Morgan fingerprint density at radius 2 is 0.712 bits per heavy atom. The van der Waals surface area contributed by atoms with E-state index in [0.717, 1.165) is 50.1 Å². The van der Waals surface area contributed by atoms with Gasteiger partial charge in [-0.25, -0.2) is 15.0 Å². The maximum atomic E-state index is 9.38. The quantitative estimate of drug-likeness (QED) is 0.157. The van der Waals surface area contributed by atoms with Gasteiger partial charge in [-0.15, -0.1) is 0 Å². The van der Waals surface area contributed by atoms with Gasteiger partial charge >= 0.3 is 0 Å². The molecule has 0 spiro atoms. The van der Waals surface area contributed by atoms with E-state index in [1.807, 2.05) is 66.7 Å². The Morgan fingerprint density at radius 3 is 1.30 bits per heavy atom. The average molecular weight is 837 g/mol. The fourth-order valence-electron chi connectivity index (χ4n) is 10.2. The summed E-state index contributed by atoms with van der Waals surface area (Å²) in [6, 6.07) is 79.7. The van der Waals surface area contributed by atoms with Gasteiger partial charge in [-0.3, -0.25) is 0 Å².